The van der Waals surface area contributed by atoms with E-state index in [9.17, 15) is 9.59 Å². The first-order valence-corrected chi connectivity index (χ1v) is 5.86. The van der Waals surface area contributed by atoms with Gasteiger partial charge in [-0.1, -0.05) is 12.1 Å². The van der Waals surface area contributed by atoms with Crippen molar-refractivity contribution in [1.29, 1.82) is 0 Å². The Morgan fingerprint density at radius 1 is 1.32 bits per heavy atom. The van der Waals surface area contributed by atoms with E-state index in [4.69, 9.17) is 14.9 Å². The van der Waals surface area contributed by atoms with Gasteiger partial charge in [0.1, 0.15) is 5.75 Å². The van der Waals surface area contributed by atoms with Crippen LogP contribution < -0.4 is 10.1 Å². The highest BCUT2D eigenvalue weighted by atomic mass is 16.5. The highest BCUT2D eigenvalue weighted by Crippen LogP contribution is 2.19. The van der Waals surface area contributed by atoms with Crippen LogP contribution >= 0.6 is 0 Å². The summed E-state index contributed by atoms with van der Waals surface area (Å²) in [5.74, 6) is -1.52. The van der Waals surface area contributed by atoms with Gasteiger partial charge in [-0.3, -0.25) is 4.79 Å². The molecule has 6 nitrogen and oxygen atoms in total. The van der Waals surface area contributed by atoms with E-state index in [2.05, 4.69) is 5.32 Å². The molecular weight excluding hydrogens is 250 g/mol. The van der Waals surface area contributed by atoms with Gasteiger partial charge in [0.25, 0.3) is 5.91 Å². The molecular formula is C13H17NO5. The number of aliphatic carboxylic acids is 1. The average Bonchev–Trinajstić information content (AvgIpc) is 2.35. The number of carboxylic acid groups (broad SMARTS) is 1. The van der Waals surface area contributed by atoms with E-state index < -0.39 is 24.5 Å². The SMILES string of the molecule is CC(C)Oc1ccccc1C(=O)N[C@H](CO)C(=O)O. The molecule has 0 saturated heterocycles. The Bertz CT molecular complexity index is 458. The fraction of sp³-hybridized carbons (Fsp3) is 0.385. The van der Waals surface area contributed by atoms with Crippen LogP contribution in [0.2, 0.25) is 0 Å². The number of ether oxygens (including phenoxy) is 1. The number of carbonyl (C=O) groups is 2. The molecule has 0 aromatic heterocycles. The topological polar surface area (TPSA) is 95.9 Å². The lowest BCUT2D eigenvalue weighted by Crippen LogP contribution is -2.43. The summed E-state index contributed by atoms with van der Waals surface area (Å²) in [6, 6.07) is 5.19. The predicted octanol–water partition coefficient (Wildman–Crippen LogP) is 0.649. The molecule has 0 unspecified atom stereocenters. The predicted molar refractivity (Wildman–Crippen MR) is 68.2 cm³/mol. The van der Waals surface area contributed by atoms with Crippen LogP contribution in [0.3, 0.4) is 0 Å². The van der Waals surface area contributed by atoms with Crippen molar-refractivity contribution in [3.8, 4) is 5.75 Å². The molecule has 1 aromatic rings. The first-order valence-electron chi connectivity index (χ1n) is 5.86. The van der Waals surface area contributed by atoms with Crippen LogP contribution in [0.5, 0.6) is 5.75 Å². The lowest BCUT2D eigenvalue weighted by molar-refractivity contribution is -0.140. The van der Waals surface area contributed by atoms with Gasteiger partial charge in [-0.15, -0.1) is 0 Å². The lowest BCUT2D eigenvalue weighted by Gasteiger charge is -2.16. The van der Waals surface area contributed by atoms with Crippen molar-refractivity contribution in [2.75, 3.05) is 6.61 Å². The van der Waals surface area contributed by atoms with Crippen LogP contribution in [-0.4, -0.2) is 40.8 Å². The standard InChI is InChI=1S/C13H17NO5/c1-8(2)19-11-6-4-3-5-9(11)12(16)14-10(7-15)13(17)18/h3-6,8,10,15H,7H2,1-2H3,(H,14,16)(H,17,18)/t10-/m1/s1. The number of hydrogen-bond acceptors (Lipinski definition) is 4. The maximum atomic E-state index is 12.0. The van der Waals surface area contributed by atoms with E-state index in [0.717, 1.165) is 0 Å². The summed E-state index contributed by atoms with van der Waals surface area (Å²) < 4.78 is 5.47. The molecule has 0 bridgehead atoms. The maximum Gasteiger partial charge on any atom is 0.328 e. The molecule has 0 aliphatic heterocycles. The minimum absolute atomic E-state index is 0.109. The van der Waals surface area contributed by atoms with Gasteiger partial charge in [0.2, 0.25) is 0 Å². The lowest BCUT2D eigenvalue weighted by atomic mass is 10.1. The monoisotopic (exact) mass is 267 g/mol. The number of carboxylic acids is 1. The zero-order valence-corrected chi connectivity index (χ0v) is 10.8. The number of amides is 1. The van der Waals surface area contributed by atoms with Gasteiger partial charge in [0, 0.05) is 0 Å². The molecule has 3 N–H and O–H groups in total. The molecule has 1 amide bonds. The van der Waals surface area contributed by atoms with E-state index in [1.54, 1.807) is 18.2 Å². The van der Waals surface area contributed by atoms with Crippen LogP contribution in [0.4, 0.5) is 0 Å². The number of rotatable bonds is 6. The highest BCUT2D eigenvalue weighted by Gasteiger charge is 2.21. The third kappa shape index (κ3) is 4.26. The number of hydrogen-bond donors (Lipinski definition) is 3. The molecule has 0 radical (unpaired) electrons. The van der Waals surface area contributed by atoms with Crippen molar-refractivity contribution in [1.82, 2.24) is 5.32 Å². The minimum Gasteiger partial charge on any atom is -0.490 e. The fourth-order valence-electron chi connectivity index (χ4n) is 1.43. The second-order valence-corrected chi connectivity index (χ2v) is 4.21. The van der Waals surface area contributed by atoms with Crippen molar-refractivity contribution in [3.63, 3.8) is 0 Å². The Hall–Kier alpha value is -2.08. The molecule has 0 aliphatic rings. The summed E-state index contributed by atoms with van der Waals surface area (Å²) in [6.07, 6.45) is -0.109. The van der Waals surface area contributed by atoms with Crippen molar-refractivity contribution < 1.29 is 24.5 Å². The van der Waals surface area contributed by atoms with Crippen molar-refractivity contribution >= 4 is 11.9 Å². The second-order valence-electron chi connectivity index (χ2n) is 4.21. The summed E-state index contributed by atoms with van der Waals surface area (Å²) in [7, 11) is 0. The fourth-order valence-corrected chi connectivity index (χ4v) is 1.43. The molecule has 0 aliphatic carbocycles. The summed E-state index contributed by atoms with van der Waals surface area (Å²) in [5, 5.41) is 19.9. The Labute approximate surface area is 111 Å². The molecule has 104 valence electrons. The van der Waals surface area contributed by atoms with E-state index in [1.807, 2.05) is 13.8 Å². The first-order chi connectivity index (χ1) is 8.95. The van der Waals surface area contributed by atoms with Gasteiger partial charge in [-0.25, -0.2) is 4.79 Å². The van der Waals surface area contributed by atoms with Gasteiger partial charge in [0.05, 0.1) is 18.3 Å². The molecule has 1 aromatic carbocycles. The Morgan fingerprint density at radius 2 is 1.95 bits per heavy atom. The Kier molecular flexibility index (Phi) is 5.32. The number of nitrogens with one attached hydrogen (secondary N) is 1. The number of para-hydroxylation sites is 1. The quantitative estimate of drug-likeness (QED) is 0.703. The highest BCUT2D eigenvalue weighted by molar-refractivity contribution is 5.98. The maximum absolute atomic E-state index is 12.0. The number of carbonyl (C=O) groups excluding carboxylic acids is 1. The summed E-state index contributed by atoms with van der Waals surface area (Å²) >= 11 is 0. The van der Waals surface area contributed by atoms with Crippen LogP contribution in [0.25, 0.3) is 0 Å². The molecule has 0 saturated carbocycles. The number of aliphatic hydroxyl groups is 1. The smallest absolute Gasteiger partial charge is 0.328 e. The van der Waals surface area contributed by atoms with Gasteiger partial charge < -0.3 is 20.3 Å². The van der Waals surface area contributed by atoms with E-state index in [1.165, 1.54) is 6.07 Å². The van der Waals surface area contributed by atoms with Gasteiger partial charge >= 0.3 is 5.97 Å². The van der Waals surface area contributed by atoms with Gasteiger partial charge in [-0.2, -0.15) is 0 Å². The van der Waals surface area contributed by atoms with Gasteiger partial charge in [0.15, 0.2) is 6.04 Å². The molecule has 6 heteroatoms. The van der Waals surface area contributed by atoms with E-state index in [-0.39, 0.29) is 11.7 Å². The van der Waals surface area contributed by atoms with Crippen molar-refractivity contribution in [2.24, 2.45) is 0 Å². The summed E-state index contributed by atoms with van der Waals surface area (Å²) in [4.78, 5) is 22.7. The Morgan fingerprint density at radius 3 is 2.47 bits per heavy atom. The van der Waals surface area contributed by atoms with Crippen LogP contribution in [0, 0.1) is 0 Å². The zero-order valence-electron chi connectivity index (χ0n) is 10.8. The minimum atomic E-state index is -1.33. The molecule has 0 spiro atoms. The second kappa shape index (κ2) is 6.75. The van der Waals surface area contributed by atoms with Gasteiger partial charge in [-0.05, 0) is 26.0 Å². The largest absolute Gasteiger partial charge is 0.490 e. The van der Waals surface area contributed by atoms with E-state index in [0.29, 0.717) is 5.75 Å². The third-order valence-electron chi connectivity index (χ3n) is 2.28. The summed E-state index contributed by atoms with van der Waals surface area (Å²) in [5.41, 5.74) is 0.232. The van der Waals surface area contributed by atoms with Crippen molar-refractivity contribution in [2.45, 2.75) is 26.0 Å². The first kappa shape index (κ1) is 15.0. The molecule has 0 fully saturated rings. The van der Waals surface area contributed by atoms with Crippen LogP contribution in [0.1, 0.15) is 24.2 Å². The number of benzene rings is 1. The zero-order chi connectivity index (χ0) is 14.4. The molecule has 1 rings (SSSR count). The molecule has 19 heavy (non-hydrogen) atoms. The van der Waals surface area contributed by atoms with Crippen molar-refractivity contribution in [3.05, 3.63) is 29.8 Å². The third-order valence-corrected chi connectivity index (χ3v) is 2.28. The molecule has 1 atom stereocenters. The normalized spacial score (nSPS) is 12.0. The molecule has 0 heterocycles. The van der Waals surface area contributed by atoms with Crippen LogP contribution in [-0.2, 0) is 4.79 Å². The van der Waals surface area contributed by atoms with Crippen LogP contribution in [0.15, 0.2) is 24.3 Å². The average molecular weight is 267 g/mol. The van der Waals surface area contributed by atoms with E-state index >= 15 is 0 Å². The number of aliphatic hydroxyl groups excluding tert-OH is 1. The summed E-state index contributed by atoms with van der Waals surface area (Å²) in [6.45, 7) is 2.97. The Balaban J connectivity index is 2.90.